The van der Waals surface area contributed by atoms with Crippen LogP contribution < -0.4 is 0 Å². The molecule has 0 saturated carbocycles. The Balaban J connectivity index is -0.000000656. The summed E-state index contributed by atoms with van der Waals surface area (Å²) in [6.45, 7) is 17.6. The van der Waals surface area contributed by atoms with Crippen LogP contribution in [0.2, 0.25) is 0 Å². The number of carbonyl (C=O) groups is 2. The first-order valence-corrected chi connectivity index (χ1v) is 21.0. The van der Waals surface area contributed by atoms with Crippen molar-refractivity contribution < 1.29 is 24.2 Å². The van der Waals surface area contributed by atoms with Crippen molar-refractivity contribution in [2.75, 3.05) is 39.5 Å². The van der Waals surface area contributed by atoms with E-state index in [4.69, 9.17) is 9.84 Å². The zero-order valence-electron chi connectivity index (χ0n) is 33.3. The van der Waals surface area contributed by atoms with Crippen molar-refractivity contribution in [1.82, 2.24) is 4.90 Å². The van der Waals surface area contributed by atoms with Crippen molar-refractivity contribution in [2.45, 2.75) is 214 Å². The number of hydrogen-bond donors (Lipinski definition) is 1. The van der Waals surface area contributed by atoms with Gasteiger partial charge in [-0.3, -0.25) is 9.59 Å². The standard InChI is InChI=1S/C17H34O2.C16H35NO.C9H18O2/c1-3-5-7-9-10-12-14-17(15-19-16-18)13-11-8-6-4-2;1-3-5-7-9-13-17(15-11-12-16-18)14-10-8-6-4-2;1-2-3-4-5-6-7-8-11-9-10/h16-17H,3-15H2,1-2H3;18H,3-16H2,1-2H3;9H,2-8H2,1H3. The SMILES string of the molecule is CCCCCCCCC(CCCCCC)COC=O.CCCCCCCCOC=O.CCCCCCN(CCCCO)CCCCCC. The summed E-state index contributed by atoms with van der Waals surface area (Å²) < 4.78 is 9.53. The van der Waals surface area contributed by atoms with E-state index in [-0.39, 0.29) is 0 Å². The van der Waals surface area contributed by atoms with Crippen molar-refractivity contribution in [3.05, 3.63) is 0 Å². The van der Waals surface area contributed by atoms with Gasteiger partial charge in [0.2, 0.25) is 0 Å². The van der Waals surface area contributed by atoms with Crippen molar-refractivity contribution in [3.8, 4) is 0 Å². The molecule has 0 radical (unpaired) electrons. The monoisotopic (exact) mass is 686 g/mol. The highest BCUT2D eigenvalue weighted by atomic mass is 16.5. The van der Waals surface area contributed by atoms with Gasteiger partial charge in [-0.2, -0.15) is 0 Å². The number of carbonyl (C=O) groups excluding carboxylic acids is 2. The van der Waals surface area contributed by atoms with Gasteiger partial charge in [0.15, 0.2) is 0 Å². The van der Waals surface area contributed by atoms with Gasteiger partial charge in [-0.15, -0.1) is 0 Å². The molecule has 0 aromatic carbocycles. The molecule has 0 amide bonds. The van der Waals surface area contributed by atoms with Crippen LogP contribution in [0.25, 0.3) is 0 Å². The second kappa shape index (κ2) is 50.2. The first kappa shape index (κ1) is 51.2. The predicted molar refractivity (Wildman–Crippen MR) is 209 cm³/mol. The molecule has 0 fully saturated rings. The minimum absolute atomic E-state index is 0.347. The summed E-state index contributed by atoms with van der Waals surface area (Å²) in [4.78, 5) is 22.6. The van der Waals surface area contributed by atoms with Gasteiger partial charge in [-0.1, -0.05) is 169 Å². The summed E-state index contributed by atoms with van der Waals surface area (Å²) in [7, 11) is 0. The molecule has 1 unspecified atom stereocenters. The maximum Gasteiger partial charge on any atom is 0.293 e. The molecule has 1 atom stereocenters. The molecule has 6 heteroatoms. The van der Waals surface area contributed by atoms with Gasteiger partial charge >= 0.3 is 0 Å². The van der Waals surface area contributed by atoms with E-state index in [1.54, 1.807) is 0 Å². The minimum Gasteiger partial charge on any atom is -0.468 e. The third-order valence-corrected chi connectivity index (χ3v) is 9.05. The topological polar surface area (TPSA) is 76.1 Å². The van der Waals surface area contributed by atoms with Crippen LogP contribution >= 0.6 is 0 Å². The van der Waals surface area contributed by atoms with Crippen molar-refractivity contribution in [2.24, 2.45) is 5.92 Å². The molecule has 0 aromatic heterocycles. The Hall–Kier alpha value is -1.14. The van der Waals surface area contributed by atoms with Crippen molar-refractivity contribution in [1.29, 1.82) is 0 Å². The van der Waals surface area contributed by atoms with Gasteiger partial charge in [-0.25, -0.2) is 0 Å². The molecule has 48 heavy (non-hydrogen) atoms. The average Bonchev–Trinajstić information content (AvgIpc) is 3.10. The highest BCUT2D eigenvalue weighted by molar-refractivity contribution is 5.37. The summed E-state index contributed by atoms with van der Waals surface area (Å²) in [5.74, 6) is 0.591. The quantitative estimate of drug-likeness (QED) is 0.0518. The molecule has 290 valence electrons. The molecule has 0 aliphatic rings. The van der Waals surface area contributed by atoms with Crippen LogP contribution in [0.3, 0.4) is 0 Å². The van der Waals surface area contributed by atoms with E-state index in [2.05, 4.69) is 44.3 Å². The summed E-state index contributed by atoms with van der Waals surface area (Å²) >= 11 is 0. The van der Waals surface area contributed by atoms with Gasteiger partial charge in [0.25, 0.3) is 12.9 Å². The second-order valence-electron chi connectivity index (χ2n) is 13.8. The van der Waals surface area contributed by atoms with E-state index in [0.29, 0.717) is 38.7 Å². The smallest absolute Gasteiger partial charge is 0.293 e. The molecule has 0 aliphatic carbocycles. The molecule has 1 N–H and O–H groups in total. The highest BCUT2D eigenvalue weighted by Crippen LogP contribution is 2.19. The Morgan fingerprint density at radius 3 is 1.23 bits per heavy atom. The third kappa shape index (κ3) is 49.2. The zero-order valence-corrected chi connectivity index (χ0v) is 33.3. The molecule has 0 aromatic rings. The van der Waals surface area contributed by atoms with E-state index in [1.807, 2.05) is 0 Å². The fourth-order valence-corrected chi connectivity index (χ4v) is 5.88. The third-order valence-electron chi connectivity index (χ3n) is 9.05. The van der Waals surface area contributed by atoms with Crippen LogP contribution in [0.5, 0.6) is 0 Å². The lowest BCUT2D eigenvalue weighted by molar-refractivity contribution is -0.130. The van der Waals surface area contributed by atoms with Gasteiger partial charge < -0.3 is 19.5 Å². The van der Waals surface area contributed by atoms with Crippen LogP contribution in [0, 0.1) is 5.92 Å². The lowest BCUT2D eigenvalue weighted by atomic mass is 9.95. The van der Waals surface area contributed by atoms with E-state index in [1.165, 1.54) is 180 Å². The van der Waals surface area contributed by atoms with Crippen LogP contribution in [-0.4, -0.2) is 62.4 Å². The van der Waals surface area contributed by atoms with Gasteiger partial charge in [-0.05, 0) is 70.5 Å². The number of unbranched alkanes of at least 4 members (excludes halogenated alkanes) is 20. The average molecular weight is 686 g/mol. The summed E-state index contributed by atoms with van der Waals surface area (Å²) in [5.41, 5.74) is 0. The Kier molecular flexibility index (Phi) is 53.6. The first-order chi connectivity index (χ1) is 23.6. The van der Waals surface area contributed by atoms with Crippen molar-refractivity contribution in [3.63, 3.8) is 0 Å². The highest BCUT2D eigenvalue weighted by Gasteiger charge is 2.09. The number of nitrogens with zero attached hydrogens (tertiary/aromatic N) is 1. The molecule has 0 rings (SSSR count). The fraction of sp³-hybridized carbons (Fsp3) is 0.952. The Morgan fingerprint density at radius 2 is 0.812 bits per heavy atom. The van der Waals surface area contributed by atoms with Crippen molar-refractivity contribution >= 4 is 12.9 Å². The maximum absolute atomic E-state index is 10.3. The number of ether oxygens (including phenoxy) is 2. The second-order valence-corrected chi connectivity index (χ2v) is 13.8. The van der Waals surface area contributed by atoms with E-state index in [0.717, 1.165) is 19.3 Å². The van der Waals surface area contributed by atoms with Gasteiger partial charge in [0, 0.05) is 6.61 Å². The van der Waals surface area contributed by atoms with Gasteiger partial charge in [0.05, 0.1) is 13.2 Å². The molecule has 0 saturated heterocycles. The van der Waals surface area contributed by atoms with Gasteiger partial charge in [0.1, 0.15) is 0 Å². The van der Waals surface area contributed by atoms with E-state index < -0.39 is 0 Å². The zero-order chi connectivity index (χ0) is 36.0. The molecule has 0 aliphatic heterocycles. The molecule has 0 bridgehead atoms. The summed E-state index contributed by atoms with van der Waals surface area (Å²) in [6.07, 6.45) is 36.1. The van der Waals surface area contributed by atoms with Crippen LogP contribution in [0.4, 0.5) is 0 Å². The van der Waals surface area contributed by atoms with Crippen LogP contribution in [0.15, 0.2) is 0 Å². The number of hydrogen-bond acceptors (Lipinski definition) is 6. The summed E-state index contributed by atoms with van der Waals surface area (Å²) in [5, 5.41) is 8.85. The Bertz CT molecular complexity index is 550. The first-order valence-electron chi connectivity index (χ1n) is 21.0. The molecule has 0 heterocycles. The molecule has 0 spiro atoms. The van der Waals surface area contributed by atoms with E-state index >= 15 is 0 Å². The molecular weight excluding hydrogens is 598 g/mol. The summed E-state index contributed by atoms with van der Waals surface area (Å²) in [6, 6.07) is 0. The largest absolute Gasteiger partial charge is 0.468 e. The minimum atomic E-state index is 0.347. The predicted octanol–water partition coefficient (Wildman–Crippen LogP) is 12.2. The Morgan fingerprint density at radius 1 is 0.458 bits per heavy atom. The normalized spacial score (nSPS) is 11.3. The number of aliphatic hydroxyl groups is 1. The molecule has 6 nitrogen and oxygen atoms in total. The van der Waals surface area contributed by atoms with Crippen LogP contribution in [-0.2, 0) is 19.1 Å². The lowest BCUT2D eigenvalue weighted by Gasteiger charge is -2.22. The maximum atomic E-state index is 10.3. The van der Waals surface area contributed by atoms with E-state index in [9.17, 15) is 9.59 Å². The number of aliphatic hydroxyl groups excluding tert-OH is 1. The lowest BCUT2D eigenvalue weighted by Crippen LogP contribution is -2.27. The molecular formula is C42H87NO5. The number of rotatable bonds is 37. The van der Waals surface area contributed by atoms with Crippen LogP contribution in [0.1, 0.15) is 214 Å². The fourth-order valence-electron chi connectivity index (χ4n) is 5.88. The Labute approximate surface area is 301 Å².